The highest BCUT2D eigenvalue weighted by Gasteiger charge is 2.06. The van der Waals surface area contributed by atoms with Gasteiger partial charge in [0.2, 0.25) is 6.29 Å². The monoisotopic (exact) mass is 230 g/mol. The summed E-state index contributed by atoms with van der Waals surface area (Å²) in [5, 5.41) is 8.98. The van der Waals surface area contributed by atoms with E-state index in [0.717, 1.165) is 12.2 Å². The minimum absolute atomic E-state index is 0.242. The van der Waals surface area contributed by atoms with Crippen molar-refractivity contribution >= 4 is 11.9 Å². The zero-order valence-corrected chi connectivity index (χ0v) is 9.80. The van der Waals surface area contributed by atoms with Crippen LogP contribution in [0.4, 0.5) is 0 Å². The van der Waals surface area contributed by atoms with Gasteiger partial charge in [-0.25, -0.2) is 9.59 Å². The predicted molar refractivity (Wildman–Crippen MR) is 57.3 cm³/mol. The quantitative estimate of drug-likeness (QED) is 0.419. The normalized spacial score (nSPS) is 12.8. The average Bonchev–Trinajstić information content (AvgIpc) is 2.23. The van der Waals surface area contributed by atoms with E-state index >= 15 is 0 Å². The Hall–Kier alpha value is -1.36. The molecule has 16 heavy (non-hydrogen) atoms. The molecule has 0 heterocycles. The van der Waals surface area contributed by atoms with E-state index in [4.69, 9.17) is 9.84 Å². The van der Waals surface area contributed by atoms with E-state index in [9.17, 15) is 9.59 Å². The molecule has 1 N–H and O–H groups in total. The topological polar surface area (TPSA) is 72.8 Å². The molecule has 0 bridgehead atoms. The van der Waals surface area contributed by atoms with Gasteiger partial charge in [-0.15, -0.1) is 0 Å². The van der Waals surface area contributed by atoms with Crippen molar-refractivity contribution in [3.63, 3.8) is 0 Å². The fraction of sp³-hybridized carbons (Fsp3) is 0.636. The number of aliphatic hydroxyl groups excluding tert-OH is 1. The largest absolute Gasteiger partial charge is 0.462 e. The molecule has 0 rings (SSSR count). The van der Waals surface area contributed by atoms with E-state index in [1.165, 1.54) is 0 Å². The number of esters is 2. The van der Waals surface area contributed by atoms with Crippen LogP contribution in [0.1, 0.15) is 27.2 Å². The summed E-state index contributed by atoms with van der Waals surface area (Å²) < 4.78 is 9.29. The Bertz CT molecular complexity index is 257. The first kappa shape index (κ1) is 14.6. The Balaban J connectivity index is 3.89. The molecule has 0 saturated heterocycles. The molecule has 0 amide bonds. The van der Waals surface area contributed by atoms with Gasteiger partial charge in [-0.2, -0.15) is 0 Å². The fourth-order valence-electron chi connectivity index (χ4n) is 0.690. The van der Waals surface area contributed by atoms with Gasteiger partial charge >= 0.3 is 11.9 Å². The second-order valence-electron chi connectivity index (χ2n) is 3.66. The van der Waals surface area contributed by atoms with Crippen LogP contribution in [0.25, 0.3) is 0 Å². The van der Waals surface area contributed by atoms with E-state index in [-0.39, 0.29) is 5.92 Å². The molecule has 1 unspecified atom stereocenters. The summed E-state index contributed by atoms with van der Waals surface area (Å²) in [4.78, 5) is 22.0. The Morgan fingerprint density at radius 2 is 1.81 bits per heavy atom. The molecule has 5 nitrogen and oxygen atoms in total. The zero-order chi connectivity index (χ0) is 12.6. The summed E-state index contributed by atoms with van der Waals surface area (Å²) in [6.07, 6.45) is 1.08. The van der Waals surface area contributed by atoms with Gasteiger partial charge in [0.25, 0.3) is 0 Å². The van der Waals surface area contributed by atoms with Crippen molar-refractivity contribution in [2.24, 2.45) is 5.92 Å². The molecule has 0 radical (unpaired) electrons. The van der Waals surface area contributed by atoms with Gasteiger partial charge in [-0.05, 0) is 5.92 Å². The van der Waals surface area contributed by atoms with Gasteiger partial charge < -0.3 is 14.6 Å². The van der Waals surface area contributed by atoms with Crippen molar-refractivity contribution in [1.82, 2.24) is 0 Å². The second-order valence-corrected chi connectivity index (χ2v) is 3.66. The minimum Gasteiger partial charge on any atom is -0.462 e. The number of hydrogen-bond donors (Lipinski definition) is 1. The Morgan fingerprint density at radius 3 is 2.31 bits per heavy atom. The van der Waals surface area contributed by atoms with Gasteiger partial charge in [0.05, 0.1) is 6.61 Å². The molecule has 92 valence electrons. The highest BCUT2D eigenvalue weighted by Crippen LogP contribution is 1.96. The molecule has 0 aliphatic carbocycles. The maximum atomic E-state index is 11.0. The zero-order valence-electron chi connectivity index (χ0n) is 9.80. The maximum absolute atomic E-state index is 11.0. The third-order valence-electron chi connectivity index (χ3n) is 1.52. The minimum atomic E-state index is -1.14. The number of carbonyl (C=O) groups excluding carboxylic acids is 2. The van der Waals surface area contributed by atoms with Crippen LogP contribution in [0.3, 0.4) is 0 Å². The van der Waals surface area contributed by atoms with Gasteiger partial charge in [0.15, 0.2) is 0 Å². The van der Waals surface area contributed by atoms with Crippen molar-refractivity contribution in [2.45, 2.75) is 33.5 Å². The van der Waals surface area contributed by atoms with Crippen LogP contribution in [0.15, 0.2) is 12.2 Å². The molecular formula is C11H18O5. The van der Waals surface area contributed by atoms with Crippen molar-refractivity contribution in [1.29, 1.82) is 0 Å². The van der Waals surface area contributed by atoms with Crippen LogP contribution in [0, 0.1) is 5.92 Å². The molecule has 0 fully saturated rings. The lowest BCUT2D eigenvalue weighted by molar-refractivity contribution is -0.162. The molecule has 0 saturated carbocycles. The van der Waals surface area contributed by atoms with Crippen LogP contribution in [0.5, 0.6) is 0 Å². The van der Waals surface area contributed by atoms with Crippen molar-refractivity contribution in [3.05, 3.63) is 12.2 Å². The first-order valence-corrected chi connectivity index (χ1v) is 5.19. The summed E-state index contributed by atoms with van der Waals surface area (Å²) in [6.45, 7) is 5.78. The molecular weight excluding hydrogens is 212 g/mol. The fourth-order valence-corrected chi connectivity index (χ4v) is 0.690. The molecule has 1 atom stereocenters. The predicted octanol–water partition coefficient (Wildman–Crippen LogP) is 1.01. The highest BCUT2D eigenvalue weighted by atomic mass is 16.6. The van der Waals surface area contributed by atoms with Gasteiger partial charge in [0, 0.05) is 18.6 Å². The number of rotatable bonds is 6. The molecule has 0 aliphatic heterocycles. The lowest BCUT2D eigenvalue weighted by atomic mass is 10.2. The number of aliphatic hydroxyl groups is 1. The van der Waals surface area contributed by atoms with Crippen LogP contribution >= 0.6 is 0 Å². The van der Waals surface area contributed by atoms with Crippen LogP contribution in [-0.2, 0) is 19.1 Å². The van der Waals surface area contributed by atoms with Gasteiger partial charge in [-0.1, -0.05) is 20.8 Å². The van der Waals surface area contributed by atoms with E-state index in [2.05, 4.69) is 4.74 Å². The Labute approximate surface area is 95.0 Å². The number of carbonyl (C=O) groups is 2. The maximum Gasteiger partial charge on any atom is 0.333 e. The standard InChI is InChI=1S/C11H18O5/c1-4-9(12)16-11(14)6-5-10(13)15-7-8(2)3/h5-6,8-9,12H,4,7H2,1-3H3. The first-order valence-electron chi connectivity index (χ1n) is 5.19. The second kappa shape index (κ2) is 7.87. The molecule has 0 aliphatic rings. The average molecular weight is 230 g/mol. The van der Waals surface area contributed by atoms with Crippen molar-refractivity contribution in [2.75, 3.05) is 6.61 Å². The van der Waals surface area contributed by atoms with E-state index in [1.807, 2.05) is 13.8 Å². The summed E-state index contributed by atoms with van der Waals surface area (Å²) in [7, 11) is 0. The first-order chi connectivity index (χ1) is 7.45. The molecule has 0 spiro atoms. The Kier molecular flexibility index (Phi) is 7.20. The summed E-state index contributed by atoms with van der Waals surface area (Å²) >= 11 is 0. The number of hydrogen-bond acceptors (Lipinski definition) is 5. The molecule has 0 aromatic heterocycles. The Morgan fingerprint density at radius 1 is 1.25 bits per heavy atom. The van der Waals surface area contributed by atoms with E-state index < -0.39 is 18.2 Å². The van der Waals surface area contributed by atoms with Crippen LogP contribution in [0.2, 0.25) is 0 Å². The third-order valence-corrected chi connectivity index (χ3v) is 1.52. The van der Waals surface area contributed by atoms with Crippen LogP contribution in [-0.4, -0.2) is 29.9 Å². The lowest BCUT2D eigenvalue weighted by Gasteiger charge is -2.07. The van der Waals surface area contributed by atoms with E-state index in [0.29, 0.717) is 13.0 Å². The van der Waals surface area contributed by atoms with Crippen molar-refractivity contribution in [3.8, 4) is 0 Å². The SMILES string of the molecule is CCC(O)OC(=O)C=CC(=O)OCC(C)C. The third kappa shape index (κ3) is 7.99. The summed E-state index contributed by atoms with van der Waals surface area (Å²) in [5.74, 6) is -1.13. The van der Waals surface area contributed by atoms with E-state index in [1.54, 1.807) is 6.92 Å². The number of ether oxygens (including phenoxy) is 2. The van der Waals surface area contributed by atoms with Gasteiger partial charge in [0.1, 0.15) is 0 Å². The smallest absolute Gasteiger partial charge is 0.333 e. The van der Waals surface area contributed by atoms with Gasteiger partial charge in [-0.3, -0.25) is 0 Å². The lowest BCUT2D eigenvalue weighted by Crippen LogP contribution is -2.15. The summed E-state index contributed by atoms with van der Waals surface area (Å²) in [6, 6.07) is 0. The van der Waals surface area contributed by atoms with Crippen molar-refractivity contribution < 1.29 is 24.2 Å². The molecule has 0 aromatic rings. The molecule has 5 heteroatoms. The highest BCUT2D eigenvalue weighted by molar-refractivity contribution is 5.91. The van der Waals surface area contributed by atoms with Crippen LogP contribution < -0.4 is 0 Å². The summed E-state index contributed by atoms with van der Waals surface area (Å²) in [5.41, 5.74) is 0. The molecule has 0 aromatic carbocycles.